The average molecular weight is 497 g/mol. The van der Waals surface area contributed by atoms with Gasteiger partial charge in [0, 0.05) is 10.5 Å². The van der Waals surface area contributed by atoms with Crippen molar-refractivity contribution in [2.45, 2.75) is 9.79 Å². The maximum Gasteiger partial charge on any atom is 0.322 e. The number of carbonyl (C=O) groups is 1. The van der Waals surface area contributed by atoms with Crippen molar-refractivity contribution >= 4 is 39.4 Å². The summed E-state index contributed by atoms with van der Waals surface area (Å²) < 4.78 is 38.7. The summed E-state index contributed by atoms with van der Waals surface area (Å²) in [5.74, 6) is 0.165. The van der Waals surface area contributed by atoms with Crippen LogP contribution < -0.4 is 14.8 Å². The summed E-state index contributed by atoms with van der Waals surface area (Å²) in [7, 11) is -2.45. The number of hydrogen-bond donors (Lipinski definition) is 2. The molecule has 0 unspecified atom stereocenters. The van der Waals surface area contributed by atoms with Crippen molar-refractivity contribution in [3.8, 4) is 17.2 Å². The lowest BCUT2D eigenvalue weighted by Gasteiger charge is -2.12. The van der Waals surface area contributed by atoms with Gasteiger partial charge < -0.3 is 9.15 Å². The number of benzene rings is 3. The molecular weight excluding hydrogens is 476 g/mol. The van der Waals surface area contributed by atoms with Gasteiger partial charge in [-0.05, 0) is 60.9 Å². The zero-order valence-corrected chi connectivity index (χ0v) is 19.8. The van der Waals surface area contributed by atoms with Crippen LogP contribution in [0.2, 0.25) is 0 Å². The summed E-state index contributed by atoms with van der Waals surface area (Å²) in [5, 5.41) is 10.4. The largest absolute Gasteiger partial charge is 0.497 e. The van der Waals surface area contributed by atoms with Crippen molar-refractivity contribution in [1.82, 2.24) is 10.2 Å². The van der Waals surface area contributed by atoms with E-state index in [1.165, 1.54) is 43.5 Å². The molecule has 1 aromatic heterocycles. The predicted octanol–water partition coefficient (Wildman–Crippen LogP) is 4.52. The van der Waals surface area contributed by atoms with Gasteiger partial charge >= 0.3 is 6.01 Å². The number of anilines is 2. The number of thioether (sulfide) groups is 1. The van der Waals surface area contributed by atoms with Gasteiger partial charge in [-0.15, -0.1) is 16.9 Å². The van der Waals surface area contributed by atoms with Crippen LogP contribution in [0, 0.1) is 0 Å². The number of rotatable bonds is 8. The highest BCUT2D eigenvalue weighted by molar-refractivity contribution is 7.98. The molecule has 1 amide bonds. The second-order valence-electron chi connectivity index (χ2n) is 6.93. The van der Waals surface area contributed by atoms with Crippen LogP contribution in [0.4, 0.5) is 11.7 Å². The summed E-state index contributed by atoms with van der Waals surface area (Å²) in [4.78, 5) is 13.9. The summed E-state index contributed by atoms with van der Waals surface area (Å²) in [6, 6.07) is 19.5. The molecule has 11 heteroatoms. The molecule has 0 aliphatic heterocycles. The number of methoxy groups -OCH3 is 1. The van der Waals surface area contributed by atoms with E-state index in [0.717, 1.165) is 4.90 Å². The third-order valence-electron chi connectivity index (χ3n) is 4.75. The standard InChI is InChI=1S/C23H20N4O5S2/c1-31-16-10-12-18(13-11-16)34(29,30)27-20-9-4-3-8-19(20)21(28)24-23-26-25-22(32-23)15-6-5-7-17(14-15)33-2/h3-14,27H,1-2H3,(H,24,26,28). The summed E-state index contributed by atoms with van der Waals surface area (Å²) in [6.45, 7) is 0. The van der Waals surface area contributed by atoms with Gasteiger partial charge in [0.25, 0.3) is 15.9 Å². The molecule has 9 nitrogen and oxygen atoms in total. The average Bonchev–Trinajstić information content (AvgIpc) is 3.32. The van der Waals surface area contributed by atoms with Crippen LogP contribution in [-0.2, 0) is 10.0 Å². The second-order valence-corrected chi connectivity index (χ2v) is 9.49. The Labute approximate surface area is 200 Å². The number of amides is 1. The minimum atomic E-state index is -3.94. The van der Waals surface area contributed by atoms with E-state index in [0.29, 0.717) is 11.3 Å². The Morgan fingerprint density at radius 3 is 2.50 bits per heavy atom. The van der Waals surface area contributed by atoms with E-state index >= 15 is 0 Å². The minimum absolute atomic E-state index is 0.0255. The molecule has 174 valence electrons. The molecule has 4 aromatic rings. The van der Waals surface area contributed by atoms with Crippen molar-refractivity contribution < 1.29 is 22.4 Å². The first-order chi connectivity index (χ1) is 16.4. The monoisotopic (exact) mass is 496 g/mol. The Balaban J connectivity index is 1.53. The number of carbonyl (C=O) groups excluding carboxylic acids is 1. The van der Waals surface area contributed by atoms with Crippen LogP contribution in [0.5, 0.6) is 5.75 Å². The van der Waals surface area contributed by atoms with E-state index in [4.69, 9.17) is 9.15 Å². The van der Waals surface area contributed by atoms with E-state index in [2.05, 4.69) is 20.2 Å². The smallest absolute Gasteiger partial charge is 0.322 e. The number of nitrogens with one attached hydrogen (secondary N) is 2. The molecule has 0 saturated heterocycles. The van der Waals surface area contributed by atoms with E-state index in [-0.39, 0.29) is 28.1 Å². The molecule has 3 aromatic carbocycles. The van der Waals surface area contributed by atoms with Crippen molar-refractivity contribution in [2.75, 3.05) is 23.4 Å². The first kappa shape index (κ1) is 23.3. The number of sulfonamides is 1. The molecule has 0 saturated carbocycles. The molecule has 0 atom stereocenters. The van der Waals surface area contributed by atoms with Gasteiger partial charge in [0.05, 0.1) is 23.3 Å². The van der Waals surface area contributed by atoms with Crippen LogP contribution in [0.1, 0.15) is 10.4 Å². The van der Waals surface area contributed by atoms with Crippen LogP contribution >= 0.6 is 11.8 Å². The molecule has 0 spiro atoms. The fraction of sp³-hybridized carbons (Fsp3) is 0.0870. The number of ether oxygens (including phenoxy) is 1. The van der Waals surface area contributed by atoms with Crippen molar-refractivity contribution in [3.63, 3.8) is 0 Å². The lowest BCUT2D eigenvalue weighted by Crippen LogP contribution is -2.18. The molecule has 4 rings (SSSR count). The molecule has 2 N–H and O–H groups in total. The summed E-state index contributed by atoms with van der Waals surface area (Å²) >= 11 is 1.58. The molecule has 0 fully saturated rings. The third-order valence-corrected chi connectivity index (χ3v) is 6.85. The topological polar surface area (TPSA) is 123 Å². The Morgan fingerprint density at radius 1 is 1.00 bits per heavy atom. The molecule has 0 bridgehead atoms. The summed E-state index contributed by atoms with van der Waals surface area (Å²) in [6.07, 6.45) is 1.96. The third kappa shape index (κ3) is 5.21. The fourth-order valence-electron chi connectivity index (χ4n) is 3.04. The van der Waals surface area contributed by atoms with Gasteiger partial charge in [0.1, 0.15) is 5.75 Å². The SMILES string of the molecule is COc1ccc(S(=O)(=O)Nc2ccccc2C(=O)Nc2nnc(-c3cccc(SC)c3)o2)cc1. The van der Waals surface area contributed by atoms with Crippen LogP contribution in [0.15, 0.2) is 87.0 Å². The Bertz CT molecular complexity index is 1420. The van der Waals surface area contributed by atoms with Gasteiger partial charge in [-0.3, -0.25) is 14.8 Å². The predicted molar refractivity (Wildman–Crippen MR) is 130 cm³/mol. The lowest BCUT2D eigenvalue weighted by atomic mass is 10.2. The Morgan fingerprint density at radius 2 is 1.76 bits per heavy atom. The van der Waals surface area contributed by atoms with Gasteiger partial charge in [-0.2, -0.15) is 0 Å². The van der Waals surface area contributed by atoms with Gasteiger partial charge in [-0.25, -0.2) is 8.42 Å². The zero-order valence-electron chi connectivity index (χ0n) is 18.2. The number of hydrogen-bond acceptors (Lipinski definition) is 8. The van der Waals surface area contributed by atoms with E-state index in [1.807, 2.05) is 30.5 Å². The van der Waals surface area contributed by atoms with E-state index in [9.17, 15) is 13.2 Å². The van der Waals surface area contributed by atoms with Crippen molar-refractivity contribution in [2.24, 2.45) is 0 Å². The highest BCUT2D eigenvalue weighted by atomic mass is 32.2. The van der Waals surface area contributed by atoms with Gasteiger partial charge in [-0.1, -0.05) is 23.3 Å². The number of aromatic nitrogens is 2. The second kappa shape index (κ2) is 9.98. The maximum absolute atomic E-state index is 12.9. The van der Waals surface area contributed by atoms with Crippen molar-refractivity contribution in [1.29, 1.82) is 0 Å². The normalized spacial score (nSPS) is 11.1. The van der Waals surface area contributed by atoms with E-state index < -0.39 is 15.9 Å². The highest BCUT2D eigenvalue weighted by Crippen LogP contribution is 2.26. The molecule has 0 aliphatic carbocycles. The first-order valence-corrected chi connectivity index (χ1v) is 12.7. The van der Waals surface area contributed by atoms with Crippen LogP contribution in [0.3, 0.4) is 0 Å². The molecule has 0 aliphatic rings. The molecule has 0 radical (unpaired) electrons. The lowest BCUT2D eigenvalue weighted by molar-refractivity contribution is 0.102. The Hall–Kier alpha value is -3.83. The highest BCUT2D eigenvalue weighted by Gasteiger charge is 2.20. The zero-order chi connectivity index (χ0) is 24.1. The van der Waals surface area contributed by atoms with Crippen LogP contribution in [-0.4, -0.2) is 37.9 Å². The quantitative estimate of drug-likeness (QED) is 0.341. The van der Waals surface area contributed by atoms with Crippen molar-refractivity contribution in [3.05, 3.63) is 78.4 Å². The van der Waals surface area contributed by atoms with Gasteiger partial charge in [0.15, 0.2) is 0 Å². The molecule has 34 heavy (non-hydrogen) atoms. The van der Waals surface area contributed by atoms with E-state index in [1.54, 1.807) is 23.9 Å². The van der Waals surface area contributed by atoms with Crippen LogP contribution in [0.25, 0.3) is 11.5 Å². The first-order valence-electron chi connectivity index (χ1n) is 9.95. The minimum Gasteiger partial charge on any atom is -0.497 e. The molecule has 1 heterocycles. The maximum atomic E-state index is 12.9. The summed E-state index contributed by atoms with van der Waals surface area (Å²) in [5.41, 5.74) is 0.902. The molecular formula is C23H20N4O5S2. The fourth-order valence-corrected chi connectivity index (χ4v) is 4.58. The Kier molecular flexibility index (Phi) is 6.85. The number of nitrogens with zero attached hydrogens (tertiary/aromatic N) is 2. The van der Waals surface area contributed by atoms with Gasteiger partial charge in [0.2, 0.25) is 5.89 Å². The number of para-hydroxylation sites is 1.